The molecule has 1 amide bonds. The Kier molecular flexibility index (Phi) is 5.03. The zero-order valence-electron chi connectivity index (χ0n) is 17.8. The van der Waals surface area contributed by atoms with Crippen molar-refractivity contribution in [2.45, 2.75) is 47.5 Å². The Morgan fingerprint density at radius 2 is 1.93 bits per heavy atom. The number of hydrogen-bond donors (Lipinski definition) is 1. The highest BCUT2D eigenvalue weighted by atomic mass is 16.3. The lowest BCUT2D eigenvalue weighted by Crippen LogP contribution is -2.41. The Labute approximate surface area is 171 Å². The molecule has 1 aliphatic rings. The van der Waals surface area contributed by atoms with Gasteiger partial charge in [0.05, 0.1) is 11.3 Å². The van der Waals surface area contributed by atoms with Gasteiger partial charge in [-0.05, 0) is 70.7 Å². The standard InChI is InChI=1S/C23H28N4O2/c1-13-8-9-19(11-14(13)2)26-22(28)18-7-6-10-27(12-18)21-20-15(3)16(4)29-23(20)25-17(5)24-21/h8-9,11,18H,6-7,10,12H2,1-5H3,(H,26,28)/t18-/m1/s1. The van der Waals surface area contributed by atoms with Crippen molar-refractivity contribution in [2.75, 3.05) is 23.3 Å². The van der Waals surface area contributed by atoms with Crippen LogP contribution in [0.3, 0.4) is 0 Å². The van der Waals surface area contributed by atoms with E-state index >= 15 is 0 Å². The van der Waals surface area contributed by atoms with Gasteiger partial charge in [0.25, 0.3) is 0 Å². The first-order chi connectivity index (χ1) is 13.8. The number of aromatic nitrogens is 2. The Morgan fingerprint density at radius 3 is 2.69 bits per heavy atom. The van der Waals surface area contributed by atoms with Gasteiger partial charge in [0.2, 0.25) is 11.6 Å². The summed E-state index contributed by atoms with van der Waals surface area (Å²) in [5.74, 6) is 2.42. The molecule has 1 N–H and O–H groups in total. The van der Waals surface area contributed by atoms with E-state index in [0.29, 0.717) is 18.1 Å². The molecule has 6 heteroatoms. The number of benzene rings is 1. The van der Waals surface area contributed by atoms with Gasteiger partial charge < -0.3 is 14.6 Å². The zero-order valence-corrected chi connectivity index (χ0v) is 17.8. The van der Waals surface area contributed by atoms with Crippen LogP contribution in [0.1, 0.15) is 41.1 Å². The van der Waals surface area contributed by atoms with E-state index in [9.17, 15) is 4.79 Å². The van der Waals surface area contributed by atoms with Crippen LogP contribution < -0.4 is 10.2 Å². The summed E-state index contributed by atoms with van der Waals surface area (Å²) in [5.41, 5.74) is 4.95. The molecule has 0 aliphatic carbocycles. The monoisotopic (exact) mass is 392 g/mol. The van der Waals surface area contributed by atoms with E-state index in [1.807, 2.05) is 39.0 Å². The van der Waals surface area contributed by atoms with Gasteiger partial charge in [0.15, 0.2) is 0 Å². The zero-order chi connectivity index (χ0) is 20.7. The number of anilines is 2. The fraction of sp³-hybridized carbons (Fsp3) is 0.435. The summed E-state index contributed by atoms with van der Waals surface area (Å²) in [6, 6.07) is 6.04. The third-order valence-corrected chi connectivity index (χ3v) is 5.99. The van der Waals surface area contributed by atoms with Crippen LogP contribution in [0.25, 0.3) is 11.1 Å². The lowest BCUT2D eigenvalue weighted by molar-refractivity contribution is -0.120. The number of fused-ring (bicyclic) bond motifs is 1. The fourth-order valence-electron chi connectivity index (χ4n) is 4.01. The Hall–Kier alpha value is -2.89. The highest BCUT2D eigenvalue weighted by Gasteiger charge is 2.29. The first-order valence-electron chi connectivity index (χ1n) is 10.2. The number of rotatable bonds is 3. The van der Waals surface area contributed by atoms with Gasteiger partial charge in [-0.3, -0.25) is 4.79 Å². The number of carbonyl (C=O) groups excluding carboxylic acids is 1. The summed E-state index contributed by atoms with van der Waals surface area (Å²) < 4.78 is 5.83. The molecule has 0 unspecified atom stereocenters. The van der Waals surface area contributed by atoms with Crippen LogP contribution in [0.15, 0.2) is 22.6 Å². The van der Waals surface area contributed by atoms with Gasteiger partial charge in [-0.1, -0.05) is 6.07 Å². The molecule has 4 rings (SSSR count). The number of aryl methyl sites for hydroxylation is 5. The quantitative estimate of drug-likeness (QED) is 0.704. The van der Waals surface area contributed by atoms with Crippen LogP contribution in [0, 0.1) is 40.5 Å². The van der Waals surface area contributed by atoms with E-state index in [-0.39, 0.29) is 11.8 Å². The maximum atomic E-state index is 13.0. The molecule has 0 spiro atoms. The average molecular weight is 393 g/mol. The molecule has 1 atom stereocenters. The second-order valence-corrected chi connectivity index (χ2v) is 8.13. The van der Waals surface area contributed by atoms with Gasteiger partial charge in [-0.25, -0.2) is 4.98 Å². The van der Waals surface area contributed by atoms with E-state index in [0.717, 1.165) is 47.6 Å². The second kappa shape index (κ2) is 7.50. The van der Waals surface area contributed by atoms with Crippen molar-refractivity contribution in [3.8, 4) is 0 Å². The number of nitrogens with one attached hydrogen (secondary N) is 1. The molecule has 29 heavy (non-hydrogen) atoms. The largest absolute Gasteiger partial charge is 0.443 e. The first kappa shape index (κ1) is 19.4. The first-order valence-corrected chi connectivity index (χ1v) is 10.2. The van der Waals surface area contributed by atoms with E-state index in [2.05, 4.69) is 29.0 Å². The van der Waals surface area contributed by atoms with Gasteiger partial charge in [0, 0.05) is 24.3 Å². The second-order valence-electron chi connectivity index (χ2n) is 8.13. The minimum absolute atomic E-state index is 0.0695. The summed E-state index contributed by atoms with van der Waals surface area (Å²) in [6.07, 6.45) is 1.83. The number of amides is 1. The van der Waals surface area contributed by atoms with Crippen LogP contribution in [-0.2, 0) is 4.79 Å². The summed E-state index contributed by atoms with van der Waals surface area (Å²) in [4.78, 5) is 24.3. The van der Waals surface area contributed by atoms with Gasteiger partial charge in [0.1, 0.15) is 17.4 Å². The summed E-state index contributed by atoms with van der Waals surface area (Å²) in [5, 5.41) is 4.06. The van der Waals surface area contributed by atoms with Gasteiger partial charge in [-0.15, -0.1) is 0 Å². The lowest BCUT2D eigenvalue weighted by Gasteiger charge is -2.33. The number of carbonyl (C=O) groups is 1. The van der Waals surface area contributed by atoms with Crippen LogP contribution in [0.5, 0.6) is 0 Å². The lowest BCUT2D eigenvalue weighted by atomic mass is 9.96. The molecule has 6 nitrogen and oxygen atoms in total. The van der Waals surface area contributed by atoms with Crippen LogP contribution in [-0.4, -0.2) is 29.0 Å². The Balaban J connectivity index is 1.58. The van der Waals surface area contributed by atoms with Crippen molar-refractivity contribution < 1.29 is 9.21 Å². The maximum Gasteiger partial charge on any atom is 0.231 e. The van der Waals surface area contributed by atoms with E-state index < -0.39 is 0 Å². The van der Waals surface area contributed by atoms with Crippen LogP contribution in [0.4, 0.5) is 11.5 Å². The number of furan rings is 1. The van der Waals surface area contributed by atoms with Crippen LogP contribution in [0.2, 0.25) is 0 Å². The summed E-state index contributed by atoms with van der Waals surface area (Å²) in [7, 11) is 0. The van der Waals surface area contributed by atoms with Crippen molar-refractivity contribution in [3.05, 3.63) is 46.5 Å². The molecular formula is C23H28N4O2. The third kappa shape index (κ3) is 3.71. The molecule has 1 aliphatic heterocycles. The number of hydrogen-bond acceptors (Lipinski definition) is 5. The topological polar surface area (TPSA) is 71.3 Å². The minimum atomic E-state index is -0.0796. The molecule has 1 saturated heterocycles. The average Bonchev–Trinajstić information content (AvgIpc) is 2.97. The van der Waals surface area contributed by atoms with Crippen molar-refractivity contribution in [1.82, 2.24) is 9.97 Å². The molecule has 0 saturated carbocycles. The van der Waals surface area contributed by atoms with Crippen molar-refractivity contribution in [1.29, 1.82) is 0 Å². The molecule has 0 bridgehead atoms. The van der Waals surface area contributed by atoms with Crippen molar-refractivity contribution >= 4 is 28.5 Å². The molecule has 1 aromatic carbocycles. The normalized spacial score (nSPS) is 17.0. The highest BCUT2D eigenvalue weighted by molar-refractivity contribution is 5.94. The Bertz CT molecular complexity index is 1090. The highest BCUT2D eigenvalue weighted by Crippen LogP contribution is 2.33. The van der Waals surface area contributed by atoms with Crippen molar-refractivity contribution in [2.24, 2.45) is 5.92 Å². The molecular weight excluding hydrogens is 364 g/mol. The molecule has 2 aromatic heterocycles. The minimum Gasteiger partial charge on any atom is -0.443 e. The number of piperidine rings is 1. The number of nitrogens with zero attached hydrogens (tertiary/aromatic N) is 3. The third-order valence-electron chi connectivity index (χ3n) is 5.99. The van der Waals surface area contributed by atoms with Gasteiger partial charge in [-0.2, -0.15) is 4.98 Å². The van der Waals surface area contributed by atoms with E-state index in [1.54, 1.807) is 0 Å². The van der Waals surface area contributed by atoms with E-state index in [4.69, 9.17) is 9.40 Å². The van der Waals surface area contributed by atoms with E-state index in [1.165, 1.54) is 11.1 Å². The smallest absolute Gasteiger partial charge is 0.231 e. The summed E-state index contributed by atoms with van der Waals surface area (Å²) in [6.45, 7) is 11.5. The molecule has 0 radical (unpaired) electrons. The van der Waals surface area contributed by atoms with Gasteiger partial charge >= 0.3 is 0 Å². The predicted octanol–water partition coefficient (Wildman–Crippen LogP) is 4.62. The predicted molar refractivity (Wildman–Crippen MR) is 115 cm³/mol. The molecule has 1 fully saturated rings. The molecule has 3 heterocycles. The maximum absolute atomic E-state index is 13.0. The molecule has 152 valence electrons. The Morgan fingerprint density at radius 1 is 1.14 bits per heavy atom. The van der Waals surface area contributed by atoms with Crippen LogP contribution >= 0.6 is 0 Å². The SMILES string of the molecule is Cc1nc(N2CCC[C@@H](C(=O)Nc3ccc(C)c(C)c3)C2)c2c(C)c(C)oc2n1. The fourth-order valence-corrected chi connectivity index (χ4v) is 4.01. The molecule has 3 aromatic rings. The summed E-state index contributed by atoms with van der Waals surface area (Å²) >= 11 is 0. The van der Waals surface area contributed by atoms with Crippen molar-refractivity contribution in [3.63, 3.8) is 0 Å².